The van der Waals surface area contributed by atoms with Gasteiger partial charge in [-0.1, -0.05) is 26.8 Å². The number of benzene rings is 1. The predicted molar refractivity (Wildman–Crippen MR) is 74.4 cm³/mol. The van der Waals surface area contributed by atoms with Gasteiger partial charge in [-0.15, -0.1) is 0 Å². The van der Waals surface area contributed by atoms with Gasteiger partial charge < -0.3 is 4.74 Å². The lowest BCUT2D eigenvalue weighted by molar-refractivity contribution is -0.168. The molecule has 20 heavy (non-hydrogen) atoms. The van der Waals surface area contributed by atoms with Crippen LogP contribution in [-0.2, 0) is 9.53 Å². The van der Waals surface area contributed by atoms with E-state index in [0.29, 0.717) is 5.56 Å². The number of rotatable bonds is 3. The van der Waals surface area contributed by atoms with Crippen LogP contribution in [0.25, 0.3) is 0 Å². The molecule has 0 saturated carbocycles. The zero-order chi connectivity index (χ0) is 15.7. The Hall–Kier alpha value is -1.45. The maximum Gasteiger partial charge on any atom is 0.313 e. The second-order valence-corrected chi connectivity index (χ2v) is 6.58. The van der Waals surface area contributed by atoms with Crippen molar-refractivity contribution in [2.75, 3.05) is 0 Å². The fourth-order valence-electron chi connectivity index (χ4n) is 1.41. The molecule has 0 aromatic heterocycles. The molecule has 1 aromatic carbocycles. The molecule has 0 unspecified atom stereocenters. The van der Waals surface area contributed by atoms with Crippen molar-refractivity contribution >= 4 is 5.97 Å². The van der Waals surface area contributed by atoms with Gasteiger partial charge in [-0.05, 0) is 38.5 Å². The fraction of sp³-hybridized carbons (Fsp3) is 0.562. The van der Waals surface area contributed by atoms with E-state index in [1.807, 2.05) is 34.6 Å². The number of esters is 1. The van der Waals surface area contributed by atoms with E-state index in [1.54, 1.807) is 6.92 Å². The maximum atomic E-state index is 13.2. The van der Waals surface area contributed by atoms with E-state index in [2.05, 4.69) is 0 Å². The zero-order valence-electron chi connectivity index (χ0n) is 12.9. The molecular weight excluding hydrogens is 262 g/mol. The molecule has 0 heterocycles. The first-order valence-electron chi connectivity index (χ1n) is 6.63. The van der Waals surface area contributed by atoms with Crippen molar-refractivity contribution in [2.45, 2.75) is 53.1 Å². The van der Waals surface area contributed by atoms with Crippen LogP contribution in [0.5, 0.6) is 0 Å². The first kappa shape index (κ1) is 16.6. The van der Waals surface area contributed by atoms with Crippen LogP contribution in [0.2, 0.25) is 0 Å². The molecule has 0 aliphatic heterocycles. The third-order valence-electron chi connectivity index (χ3n) is 3.96. The summed E-state index contributed by atoms with van der Waals surface area (Å²) in [5, 5.41) is 0. The predicted octanol–water partition coefficient (Wildman–Crippen LogP) is 4.44. The van der Waals surface area contributed by atoms with Gasteiger partial charge in [0.2, 0.25) is 0 Å². The number of carbonyl (C=O) groups excluding carboxylic acids is 1. The van der Waals surface area contributed by atoms with Gasteiger partial charge in [0.1, 0.15) is 5.60 Å². The quantitative estimate of drug-likeness (QED) is 0.767. The monoisotopic (exact) mass is 284 g/mol. The molecule has 0 N–H and O–H groups in total. The number of halogens is 2. The lowest BCUT2D eigenvalue weighted by Crippen LogP contribution is -2.42. The van der Waals surface area contributed by atoms with E-state index in [9.17, 15) is 13.6 Å². The van der Waals surface area contributed by atoms with Gasteiger partial charge in [0.25, 0.3) is 0 Å². The van der Waals surface area contributed by atoms with Crippen molar-refractivity contribution in [3.05, 3.63) is 35.4 Å². The SMILES string of the molecule is C[C@H](C(=O)OC(C)(C)C(C)(C)C)c1ccc(F)c(F)c1. The second-order valence-electron chi connectivity index (χ2n) is 6.58. The zero-order valence-corrected chi connectivity index (χ0v) is 12.9. The summed E-state index contributed by atoms with van der Waals surface area (Å²) in [7, 11) is 0. The highest BCUT2D eigenvalue weighted by atomic mass is 19.2. The summed E-state index contributed by atoms with van der Waals surface area (Å²) in [4.78, 5) is 12.2. The summed E-state index contributed by atoms with van der Waals surface area (Å²) in [6.45, 7) is 11.2. The molecule has 4 heteroatoms. The molecule has 0 bridgehead atoms. The van der Waals surface area contributed by atoms with E-state index in [0.717, 1.165) is 12.1 Å². The average molecular weight is 284 g/mol. The van der Waals surface area contributed by atoms with Gasteiger partial charge >= 0.3 is 5.97 Å². The first-order valence-corrected chi connectivity index (χ1v) is 6.63. The first-order chi connectivity index (χ1) is 8.95. The van der Waals surface area contributed by atoms with E-state index in [4.69, 9.17) is 4.74 Å². The molecule has 1 aromatic rings. The molecule has 0 amide bonds. The molecular formula is C16H22F2O2. The van der Waals surface area contributed by atoms with Crippen LogP contribution < -0.4 is 0 Å². The highest BCUT2D eigenvalue weighted by Gasteiger charge is 2.37. The second kappa shape index (κ2) is 5.51. The van der Waals surface area contributed by atoms with Gasteiger partial charge in [0, 0.05) is 5.41 Å². The van der Waals surface area contributed by atoms with Crippen molar-refractivity contribution in [3.8, 4) is 0 Å². The molecule has 1 atom stereocenters. The average Bonchev–Trinajstić information content (AvgIpc) is 2.29. The Balaban J connectivity index is 2.90. The van der Waals surface area contributed by atoms with E-state index >= 15 is 0 Å². The Labute approximate surface area is 119 Å². The summed E-state index contributed by atoms with van der Waals surface area (Å²) < 4.78 is 31.6. The lowest BCUT2D eigenvalue weighted by atomic mass is 9.79. The van der Waals surface area contributed by atoms with Crippen molar-refractivity contribution in [3.63, 3.8) is 0 Å². The fourth-order valence-corrected chi connectivity index (χ4v) is 1.41. The normalized spacial score (nSPS) is 14.0. The van der Waals surface area contributed by atoms with Crippen molar-refractivity contribution < 1.29 is 18.3 Å². The molecule has 112 valence electrons. The van der Waals surface area contributed by atoms with Crippen LogP contribution in [0, 0.1) is 17.0 Å². The minimum absolute atomic E-state index is 0.226. The minimum Gasteiger partial charge on any atom is -0.459 e. The molecule has 2 nitrogen and oxygen atoms in total. The Morgan fingerprint density at radius 3 is 2.10 bits per heavy atom. The van der Waals surface area contributed by atoms with E-state index in [-0.39, 0.29) is 5.41 Å². The van der Waals surface area contributed by atoms with E-state index in [1.165, 1.54) is 6.07 Å². The Morgan fingerprint density at radius 1 is 1.10 bits per heavy atom. The molecule has 0 aliphatic rings. The summed E-state index contributed by atoms with van der Waals surface area (Å²) in [5.41, 5.74) is -0.480. The molecule has 0 saturated heterocycles. The maximum absolute atomic E-state index is 13.2. The lowest BCUT2D eigenvalue weighted by Gasteiger charge is -2.38. The van der Waals surface area contributed by atoms with Crippen molar-refractivity contribution in [2.24, 2.45) is 5.41 Å². The number of ether oxygens (including phenoxy) is 1. The summed E-state index contributed by atoms with van der Waals surface area (Å²) in [5.74, 6) is -2.98. The van der Waals surface area contributed by atoms with Crippen LogP contribution in [0.15, 0.2) is 18.2 Å². The highest BCUT2D eigenvalue weighted by Crippen LogP contribution is 2.34. The standard InChI is InChI=1S/C16H22F2O2/c1-10(11-7-8-12(17)13(18)9-11)14(19)20-16(5,6)15(2,3)4/h7-10H,1-6H3/t10-/m0/s1. The van der Waals surface area contributed by atoms with Gasteiger partial charge in [-0.25, -0.2) is 8.78 Å². The highest BCUT2D eigenvalue weighted by molar-refractivity contribution is 5.78. The van der Waals surface area contributed by atoms with Gasteiger partial charge in [0.15, 0.2) is 11.6 Å². The molecule has 0 radical (unpaired) electrons. The number of carbonyl (C=O) groups is 1. The van der Waals surface area contributed by atoms with Gasteiger partial charge in [0.05, 0.1) is 5.92 Å². The Kier molecular flexibility index (Phi) is 4.57. The van der Waals surface area contributed by atoms with Crippen LogP contribution in [-0.4, -0.2) is 11.6 Å². The van der Waals surface area contributed by atoms with Crippen molar-refractivity contribution in [1.82, 2.24) is 0 Å². The van der Waals surface area contributed by atoms with Gasteiger partial charge in [-0.3, -0.25) is 4.79 Å². The third kappa shape index (κ3) is 3.56. The molecule has 0 aliphatic carbocycles. The van der Waals surface area contributed by atoms with Crippen LogP contribution >= 0.6 is 0 Å². The third-order valence-corrected chi connectivity index (χ3v) is 3.96. The Morgan fingerprint density at radius 2 is 1.65 bits per heavy atom. The Bertz CT molecular complexity index is 502. The van der Waals surface area contributed by atoms with Crippen LogP contribution in [0.1, 0.15) is 53.0 Å². The minimum atomic E-state index is -0.961. The van der Waals surface area contributed by atoms with Gasteiger partial charge in [-0.2, -0.15) is 0 Å². The van der Waals surface area contributed by atoms with Crippen LogP contribution in [0.3, 0.4) is 0 Å². The molecule has 0 fully saturated rings. The largest absolute Gasteiger partial charge is 0.459 e. The van der Waals surface area contributed by atoms with Crippen molar-refractivity contribution in [1.29, 1.82) is 0 Å². The number of hydrogen-bond donors (Lipinski definition) is 0. The summed E-state index contributed by atoms with van der Waals surface area (Å²) >= 11 is 0. The summed E-state index contributed by atoms with van der Waals surface area (Å²) in [6, 6.07) is 3.45. The molecule has 0 spiro atoms. The number of hydrogen-bond acceptors (Lipinski definition) is 2. The smallest absolute Gasteiger partial charge is 0.313 e. The topological polar surface area (TPSA) is 26.3 Å². The summed E-state index contributed by atoms with van der Waals surface area (Å²) in [6.07, 6.45) is 0. The van der Waals surface area contributed by atoms with E-state index < -0.39 is 29.1 Å². The van der Waals surface area contributed by atoms with Crippen LogP contribution in [0.4, 0.5) is 8.78 Å². The molecule has 1 rings (SSSR count).